The summed E-state index contributed by atoms with van der Waals surface area (Å²) in [6.07, 6.45) is 2.85. The molecule has 2 N–H and O–H groups in total. The number of hydrogen-bond donors (Lipinski definition) is 1. The van der Waals surface area contributed by atoms with Crippen LogP contribution in [0.1, 0.15) is 51.8 Å². The molecule has 1 aromatic rings. The van der Waals surface area contributed by atoms with Gasteiger partial charge in [0.1, 0.15) is 0 Å². The van der Waals surface area contributed by atoms with Crippen LogP contribution < -0.4 is 5.73 Å². The number of anilines is 1. The van der Waals surface area contributed by atoms with Gasteiger partial charge in [0.05, 0.1) is 23.9 Å². The van der Waals surface area contributed by atoms with E-state index in [0.29, 0.717) is 18.5 Å². The second-order valence-corrected chi connectivity index (χ2v) is 7.00. The molecule has 2 atom stereocenters. The minimum atomic E-state index is -0.126. The second kappa shape index (κ2) is 4.70. The van der Waals surface area contributed by atoms with Crippen LogP contribution in [0.2, 0.25) is 0 Å². The number of nitrogens with zero attached hydrogens (tertiary/aromatic N) is 3. The smallest absolute Gasteiger partial charge is 0.169 e. The van der Waals surface area contributed by atoms with Gasteiger partial charge in [-0.1, -0.05) is 26.0 Å². The van der Waals surface area contributed by atoms with E-state index in [1.165, 1.54) is 0 Å². The molecular weight excluding hydrogens is 256 g/mol. The van der Waals surface area contributed by atoms with E-state index in [1.54, 1.807) is 0 Å². The molecule has 1 spiro atoms. The molecule has 0 bridgehead atoms. The Kier molecular flexibility index (Phi) is 3.25. The average molecular weight is 280 g/mol. The van der Waals surface area contributed by atoms with Crippen LogP contribution in [0.4, 0.5) is 5.82 Å². The number of ether oxygens (including phenoxy) is 2. The van der Waals surface area contributed by atoms with Crippen molar-refractivity contribution in [1.82, 2.24) is 15.0 Å². The quantitative estimate of drug-likeness (QED) is 0.847. The van der Waals surface area contributed by atoms with Gasteiger partial charge in [-0.05, 0) is 6.42 Å². The number of rotatable bonds is 1. The lowest BCUT2D eigenvalue weighted by molar-refractivity contribution is -0.0969. The molecule has 0 amide bonds. The van der Waals surface area contributed by atoms with Crippen molar-refractivity contribution in [3.8, 4) is 0 Å². The normalized spacial score (nSPS) is 31.1. The van der Waals surface area contributed by atoms with Crippen molar-refractivity contribution in [3.05, 3.63) is 5.69 Å². The molecule has 3 rings (SSSR count). The van der Waals surface area contributed by atoms with E-state index in [0.717, 1.165) is 38.2 Å². The van der Waals surface area contributed by atoms with Crippen LogP contribution in [-0.4, -0.2) is 40.4 Å². The van der Waals surface area contributed by atoms with E-state index in [9.17, 15) is 0 Å². The third kappa shape index (κ3) is 2.31. The molecule has 2 aliphatic rings. The summed E-state index contributed by atoms with van der Waals surface area (Å²) in [6, 6.07) is 0.296. The third-order valence-electron chi connectivity index (χ3n) is 4.31. The Morgan fingerprint density at radius 2 is 2.15 bits per heavy atom. The molecule has 0 aromatic carbocycles. The van der Waals surface area contributed by atoms with Crippen molar-refractivity contribution in [3.63, 3.8) is 0 Å². The monoisotopic (exact) mass is 280 g/mol. The third-order valence-corrected chi connectivity index (χ3v) is 4.31. The number of nitrogen functional groups attached to an aromatic ring is 1. The van der Waals surface area contributed by atoms with E-state index in [1.807, 2.05) is 4.68 Å². The van der Waals surface area contributed by atoms with E-state index < -0.39 is 0 Å². The summed E-state index contributed by atoms with van der Waals surface area (Å²) in [5.41, 5.74) is 6.86. The molecular formula is C14H24N4O2. The van der Waals surface area contributed by atoms with Gasteiger partial charge >= 0.3 is 0 Å². The molecule has 6 heteroatoms. The summed E-state index contributed by atoms with van der Waals surface area (Å²) in [5.74, 6) is 0.542. The predicted octanol–water partition coefficient (Wildman–Crippen LogP) is 1.67. The maximum absolute atomic E-state index is 6.03. The number of aromatic nitrogens is 3. The van der Waals surface area contributed by atoms with Crippen molar-refractivity contribution in [2.75, 3.05) is 25.6 Å². The van der Waals surface area contributed by atoms with Gasteiger partial charge < -0.3 is 15.2 Å². The largest absolute Gasteiger partial charge is 0.381 e. The topological polar surface area (TPSA) is 75.2 Å². The molecule has 6 nitrogen and oxygen atoms in total. The van der Waals surface area contributed by atoms with E-state index in [-0.39, 0.29) is 11.0 Å². The first-order valence-electron chi connectivity index (χ1n) is 7.34. The minimum absolute atomic E-state index is 0.0643. The van der Waals surface area contributed by atoms with Gasteiger partial charge in [-0.15, -0.1) is 5.10 Å². The van der Waals surface area contributed by atoms with Gasteiger partial charge in [-0.3, -0.25) is 0 Å². The highest BCUT2D eigenvalue weighted by atomic mass is 16.6. The maximum atomic E-state index is 6.03. The van der Waals surface area contributed by atoms with E-state index >= 15 is 0 Å². The predicted molar refractivity (Wildman–Crippen MR) is 75.5 cm³/mol. The molecule has 0 saturated carbocycles. The van der Waals surface area contributed by atoms with Crippen molar-refractivity contribution >= 4 is 5.82 Å². The molecule has 2 unspecified atom stereocenters. The minimum Gasteiger partial charge on any atom is -0.381 e. The summed E-state index contributed by atoms with van der Waals surface area (Å²) in [5, 5.41) is 8.40. The molecule has 112 valence electrons. The van der Waals surface area contributed by atoms with Crippen LogP contribution >= 0.6 is 0 Å². The summed E-state index contributed by atoms with van der Waals surface area (Å²) in [4.78, 5) is 0. The van der Waals surface area contributed by atoms with Gasteiger partial charge in [0.2, 0.25) is 0 Å². The Hall–Kier alpha value is -1.14. The lowest BCUT2D eigenvalue weighted by Gasteiger charge is -2.38. The van der Waals surface area contributed by atoms with Crippen molar-refractivity contribution in [1.29, 1.82) is 0 Å². The van der Waals surface area contributed by atoms with Gasteiger partial charge in [-0.2, -0.15) is 0 Å². The molecule has 2 aliphatic heterocycles. The highest BCUT2D eigenvalue weighted by Crippen LogP contribution is 2.40. The fraction of sp³-hybridized carbons (Fsp3) is 0.857. The van der Waals surface area contributed by atoms with Crippen molar-refractivity contribution in [2.24, 2.45) is 0 Å². The SMILES string of the molecule is CC(C)(C)c1c(N)nnn1C1CCOC2(CCOC2)C1. The fourth-order valence-corrected chi connectivity index (χ4v) is 3.36. The highest BCUT2D eigenvalue weighted by Gasteiger charge is 2.43. The Morgan fingerprint density at radius 1 is 1.35 bits per heavy atom. The van der Waals surface area contributed by atoms with E-state index in [2.05, 4.69) is 31.1 Å². The first kappa shape index (κ1) is 13.8. The first-order valence-corrected chi connectivity index (χ1v) is 7.34. The fourth-order valence-electron chi connectivity index (χ4n) is 3.36. The average Bonchev–Trinajstić information content (AvgIpc) is 2.96. The van der Waals surface area contributed by atoms with Crippen LogP contribution in [0.15, 0.2) is 0 Å². The Morgan fingerprint density at radius 3 is 2.80 bits per heavy atom. The maximum Gasteiger partial charge on any atom is 0.169 e. The first-order chi connectivity index (χ1) is 9.41. The van der Waals surface area contributed by atoms with Gasteiger partial charge in [-0.25, -0.2) is 4.68 Å². The molecule has 1 aromatic heterocycles. The summed E-state index contributed by atoms with van der Waals surface area (Å²) in [7, 11) is 0. The molecule has 2 fully saturated rings. The number of hydrogen-bond acceptors (Lipinski definition) is 5. The Balaban J connectivity index is 1.89. The molecule has 20 heavy (non-hydrogen) atoms. The second-order valence-electron chi connectivity index (χ2n) is 7.00. The number of nitrogens with two attached hydrogens (primary N) is 1. The lowest BCUT2D eigenvalue weighted by Crippen LogP contribution is -2.42. The van der Waals surface area contributed by atoms with Crippen LogP contribution in [0.5, 0.6) is 0 Å². The standard InChI is InChI=1S/C14H24N4O2/c1-13(2,3)11-12(15)16-17-18(11)10-4-6-20-14(8-10)5-7-19-9-14/h10H,4-9,15H2,1-3H3. The van der Waals surface area contributed by atoms with Gasteiger partial charge in [0, 0.05) is 31.5 Å². The summed E-state index contributed by atoms with van der Waals surface area (Å²) in [6.45, 7) is 8.67. The lowest BCUT2D eigenvalue weighted by atomic mass is 9.87. The summed E-state index contributed by atoms with van der Waals surface area (Å²) >= 11 is 0. The van der Waals surface area contributed by atoms with Crippen molar-refractivity contribution < 1.29 is 9.47 Å². The molecule has 2 saturated heterocycles. The van der Waals surface area contributed by atoms with Gasteiger partial charge in [0.25, 0.3) is 0 Å². The van der Waals surface area contributed by atoms with Crippen LogP contribution in [0.25, 0.3) is 0 Å². The molecule has 0 radical (unpaired) electrons. The molecule has 3 heterocycles. The zero-order valence-electron chi connectivity index (χ0n) is 12.6. The zero-order chi connectivity index (χ0) is 14.4. The zero-order valence-corrected chi connectivity index (χ0v) is 12.6. The molecule has 0 aliphatic carbocycles. The highest BCUT2D eigenvalue weighted by molar-refractivity contribution is 5.38. The Bertz CT molecular complexity index is 486. The van der Waals surface area contributed by atoms with Crippen LogP contribution in [0, 0.1) is 0 Å². The van der Waals surface area contributed by atoms with Crippen molar-refractivity contribution in [2.45, 2.75) is 57.1 Å². The van der Waals surface area contributed by atoms with E-state index in [4.69, 9.17) is 15.2 Å². The van der Waals surface area contributed by atoms with Crippen LogP contribution in [-0.2, 0) is 14.9 Å². The Labute approximate surface area is 119 Å². The van der Waals surface area contributed by atoms with Gasteiger partial charge in [0.15, 0.2) is 5.82 Å². The van der Waals surface area contributed by atoms with Crippen LogP contribution in [0.3, 0.4) is 0 Å². The summed E-state index contributed by atoms with van der Waals surface area (Å²) < 4.78 is 13.5.